The quantitative estimate of drug-likeness (QED) is 0.824. The summed E-state index contributed by atoms with van der Waals surface area (Å²) in [6.45, 7) is 5.91. The molecule has 0 saturated carbocycles. The molecule has 0 fully saturated rings. The zero-order valence-corrected chi connectivity index (χ0v) is 11.4. The molecule has 0 aliphatic heterocycles. The standard InChI is InChI=1S/C14H24N2O/c1-5-11(2)16(3)10-12-6-7-13(9-15)14(8-12)17-4/h6-8,11H,5,9-10,15H2,1-4H3. The van der Waals surface area contributed by atoms with Crippen LogP contribution in [0.3, 0.4) is 0 Å². The lowest BCUT2D eigenvalue weighted by molar-refractivity contribution is 0.243. The zero-order valence-electron chi connectivity index (χ0n) is 11.4. The van der Waals surface area contributed by atoms with Crippen LogP contribution in [0.25, 0.3) is 0 Å². The van der Waals surface area contributed by atoms with E-state index in [-0.39, 0.29) is 0 Å². The van der Waals surface area contributed by atoms with E-state index in [1.165, 1.54) is 5.56 Å². The Hall–Kier alpha value is -1.06. The van der Waals surface area contributed by atoms with Gasteiger partial charge in [0.1, 0.15) is 5.75 Å². The van der Waals surface area contributed by atoms with Crippen LogP contribution in [0.2, 0.25) is 0 Å². The molecule has 0 heterocycles. The number of methoxy groups -OCH3 is 1. The number of ether oxygens (including phenoxy) is 1. The van der Waals surface area contributed by atoms with E-state index >= 15 is 0 Å². The number of nitrogens with two attached hydrogens (primary N) is 1. The van der Waals surface area contributed by atoms with Crippen molar-refractivity contribution in [2.24, 2.45) is 5.73 Å². The van der Waals surface area contributed by atoms with E-state index in [9.17, 15) is 0 Å². The van der Waals surface area contributed by atoms with E-state index in [4.69, 9.17) is 10.5 Å². The second-order valence-electron chi connectivity index (χ2n) is 4.52. The summed E-state index contributed by atoms with van der Waals surface area (Å²) in [5, 5.41) is 0. The van der Waals surface area contributed by atoms with Crippen molar-refractivity contribution in [1.29, 1.82) is 0 Å². The van der Waals surface area contributed by atoms with Crippen molar-refractivity contribution in [3.05, 3.63) is 29.3 Å². The Balaban J connectivity index is 2.78. The van der Waals surface area contributed by atoms with Gasteiger partial charge in [-0.3, -0.25) is 4.90 Å². The largest absolute Gasteiger partial charge is 0.496 e. The lowest BCUT2D eigenvalue weighted by atomic mass is 10.1. The lowest BCUT2D eigenvalue weighted by Crippen LogP contribution is -2.27. The third-order valence-corrected chi connectivity index (χ3v) is 3.35. The van der Waals surface area contributed by atoms with Gasteiger partial charge in [-0.2, -0.15) is 0 Å². The van der Waals surface area contributed by atoms with Crippen molar-refractivity contribution in [3.63, 3.8) is 0 Å². The maximum Gasteiger partial charge on any atom is 0.123 e. The highest BCUT2D eigenvalue weighted by Gasteiger charge is 2.09. The third kappa shape index (κ3) is 3.72. The summed E-state index contributed by atoms with van der Waals surface area (Å²) in [5.41, 5.74) is 7.98. The highest BCUT2D eigenvalue weighted by molar-refractivity contribution is 5.37. The first-order chi connectivity index (χ1) is 8.12. The van der Waals surface area contributed by atoms with Crippen LogP contribution in [0.4, 0.5) is 0 Å². The fourth-order valence-corrected chi connectivity index (χ4v) is 1.81. The Morgan fingerprint density at radius 1 is 1.41 bits per heavy atom. The van der Waals surface area contributed by atoms with Crippen LogP contribution in [0, 0.1) is 0 Å². The van der Waals surface area contributed by atoms with Crippen LogP contribution in [0.15, 0.2) is 18.2 Å². The minimum absolute atomic E-state index is 0.519. The van der Waals surface area contributed by atoms with E-state index in [0.717, 1.165) is 24.3 Å². The molecule has 0 aromatic heterocycles. The van der Waals surface area contributed by atoms with Crippen molar-refractivity contribution < 1.29 is 4.74 Å². The summed E-state index contributed by atoms with van der Waals surface area (Å²) in [6, 6.07) is 6.86. The van der Waals surface area contributed by atoms with Gasteiger partial charge in [-0.1, -0.05) is 19.1 Å². The number of hydrogen-bond acceptors (Lipinski definition) is 3. The summed E-state index contributed by atoms with van der Waals surface area (Å²) in [4.78, 5) is 2.34. The average molecular weight is 236 g/mol. The fraction of sp³-hybridized carbons (Fsp3) is 0.571. The molecule has 3 nitrogen and oxygen atoms in total. The molecule has 1 rings (SSSR count). The second-order valence-corrected chi connectivity index (χ2v) is 4.52. The van der Waals surface area contributed by atoms with Gasteiger partial charge in [0, 0.05) is 24.7 Å². The third-order valence-electron chi connectivity index (χ3n) is 3.35. The Labute approximate surface area is 105 Å². The maximum atomic E-state index is 5.66. The van der Waals surface area contributed by atoms with Crippen LogP contribution < -0.4 is 10.5 Å². The van der Waals surface area contributed by atoms with Crippen molar-refractivity contribution >= 4 is 0 Å². The maximum absolute atomic E-state index is 5.66. The lowest BCUT2D eigenvalue weighted by Gasteiger charge is -2.23. The van der Waals surface area contributed by atoms with E-state index in [1.807, 2.05) is 0 Å². The molecule has 0 radical (unpaired) electrons. The first-order valence-electron chi connectivity index (χ1n) is 6.18. The summed E-state index contributed by atoms with van der Waals surface area (Å²) in [7, 11) is 3.84. The van der Waals surface area contributed by atoms with Gasteiger partial charge in [0.15, 0.2) is 0 Å². The van der Waals surface area contributed by atoms with Crippen molar-refractivity contribution in [1.82, 2.24) is 4.90 Å². The molecule has 0 aliphatic carbocycles. The first kappa shape index (κ1) is 14.0. The minimum Gasteiger partial charge on any atom is -0.496 e. The molecule has 1 atom stereocenters. The monoisotopic (exact) mass is 236 g/mol. The van der Waals surface area contributed by atoms with E-state index in [2.05, 4.69) is 44.0 Å². The Bertz CT molecular complexity index is 352. The molecule has 1 unspecified atom stereocenters. The smallest absolute Gasteiger partial charge is 0.123 e. The van der Waals surface area contributed by atoms with Gasteiger partial charge < -0.3 is 10.5 Å². The normalized spacial score (nSPS) is 12.8. The molecular weight excluding hydrogens is 212 g/mol. The number of rotatable bonds is 6. The molecule has 0 bridgehead atoms. The molecule has 1 aromatic rings. The number of hydrogen-bond donors (Lipinski definition) is 1. The van der Waals surface area contributed by atoms with Crippen molar-refractivity contribution in [3.8, 4) is 5.75 Å². The van der Waals surface area contributed by atoms with Gasteiger partial charge >= 0.3 is 0 Å². The zero-order chi connectivity index (χ0) is 12.8. The van der Waals surface area contributed by atoms with Gasteiger partial charge in [-0.05, 0) is 32.0 Å². The summed E-state index contributed by atoms with van der Waals surface area (Å²) in [6.07, 6.45) is 1.16. The fourth-order valence-electron chi connectivity index (χ4n) is 1.81. The van der Waals surface area contributed by atoms with Gasteiger partial charge in [0.05, 0.1) is 7.11 Å². The molecule has 0 aliphatic rings. The van der Waals surface area contributed by atoms with Crippen molar-refractivity contribution in [2.75, 3.05) is 14.2 Å². The Kier molecular flexibility index (Phi) is 5.45. The molecule has 3 heteroatoms. The molecular formula is C14H24N2O. The first-order valence-corrected chi connectivity index (χ1v) is 6.18. The molecule has 2 N–H and O–H groups in total. The topological polar surface area (TPSA) is 38.5 Å². The van der Waals surface area contributed by atoms with Crippen LogP contribution in [-0.2, 0) is 13.1 Å². The van der Waals surface area contributed by atoms with Gasteiger partial charge in [0.25, 0.3) is 0 Å². The van der Waals surface area contributed by atoms with E-state index < -0.39 is 0 Å². The van der Waals surface area contributed by atoms with Crippen LogP contribution in [0.1, 0.15) is 31.4 Å². The molecule has 0 spiro atoms. The summed E-state index contributed by atoms with van der Waals surface area (Å²) >= 11 is 0. The van der Waals surface area contributed by atoms with Gasteiger partial charge in [-0.15, -0.1) is 0 Å². The highest BCUT2D eigenvalue weighted by Crippen LogP contribution is 2.21. The van der Waals surface area contributed by atoms with Crippen molar-refractivity contribution in [2.45, 2.75) is 39.4 Å². The Morgan fingerprint density at radius 3 is 2.65 bits per heavy atom. The predicted molar refractivity (Wildman–Crippen MR) is 72.1 cm³/mol. The summed E-state index contributed by atoms with van der Waals surface area (Å²) < 4.78 is 5.35. The van der Waals surface area contributed by atoms with E-state index in [1.54, 1.807) is 7.11 Å². The predicted octanol–water partition coefficient (Wildman–Crippen LogP) is 2.38. The number of benzene rings is 1. The number of nitrogens with zero attached hydrogens (tertiary/aromatic N) is 1. The molecule has 0 saturated heterocycles. The van der Waals surface area contributed by atoms with Crippen LogP contribution >= 0.6 is 0 Å². The van der Waals surface area contributed by atoms with Crippen LogP contribution in [-0.4, -0.2) is 25.1 Å². The van der Waals surface area contributed by atoms with Crippen LogP contribution in [0.5, 0.6) is 5.75 Å². The average Bonchev–Trinajstić information content (AvgIpc) is 2.37. The molecule has 1 aromatic carbocycles. The highest BCUT2D eigenvalue weighted by atomic mass is 16.5. The Morgan fingerprint density at radius 2 is 2.12 bits per heavy atom. The summed E-state index contributed by atoms with van der Waals surface area (Å²) in [5.74, 6) is 0.891. The SMILES string of the molecule is CCC(C)N(C)Cc1ccc(CN)c(OC)c1. The second kappa shape index (κ2) is 6.62. The van der Waals surface area contributed by atoms with E-state index in [0.29, 0.717) is 12.6 Å². The molecule has 96 valence electrons. The van der Waals surface area contributed by atoms with Gasteiger partial charge in [-0.25, -0.2) is 0 Å². The molecule has 17 heavy (non-hydrogen) atoms. The van der Waals surface area contributed by atoms with Gasteiger partial charge in [0.2, 0.25) is 0 Å². The molecule has 0 amide bonds. The minimum atomic E-state index is 0.519.